The van der Waals surface area contributed by atoms with Crippen LogP contribution in [0.1, 0.15) is 71.8 Å². The van der Waals surface area contributed by atoms with Gasteiger partial charge in [-0.2, -0.15) is 13.5 Å². The third-order valence-corrected chi connectivity index (χ3v) is 8.80. The van der Waals surface area contributed by atoms with Gasteiger partial charge in [0.2, 0.25) is 11.3 Å². The minimum absolute atomic E-state index is 0.0364. The molecule has 0 amide bonds. The van der Waals surface area contributed by atoms with Gasteiger partial charge in [0.1, 0.15) is 21.9 Å². The summed E-state index contributed by atoms with van der Waals surface area (Å²) in [6, 6.07) is 8.28. The number of rotatable bonds is 16. The number of nitrogens with one attached hydrogen (secondary N) is 1. The van der Waals surface area contributed by atoms with E-state index in [1.807, 2.05) is 0 Å². The fourth-order valence-corrected chi connectivity index (χ4v) is 5.74. The van der Waals surface area contributed by atoms with E-state index < -0.39 is 36.0 Å². The van der Waals surface area contributed by atoms with E-state index in [1.165, 1.54) is 30.3 Å². The van der Waals surface area contributed by atoms with Crippen LogP contribution < -0.4 is 23.7 Å². The molecular weight excluding hydrogens is 669 g/mol. The summed E-state index contributed by atoms with van der Waals surface area (Å²) in [5.41, 5.74) is 1.39. The molecular formula is C31H32Cl2F2N2O8S. The number of alkyl halides is 2. The lowest BCUT2D eigenvalue weighted by molar-refractivity contribution is -0.605. The molecule has 0 spiro atoms. The second-order valence-corrected chi connectivity index (χ2v) is 12.9. The molecule has 1 heterocycles. The molecule has 3 atom stereocenters. The molecule has 3 unspecified atom stereocenters. The van der Waals surface area contributed by atoms with Crippen molar-refractivity contribution in [2.75, 3.05) is 13.2 Å². The van der Waals surface area contributed by atoms with Gasteiger partial charge >= 0.3 is 12.6 Å². The van der Waals surface area contributed by atoms with E-state index in [4.69, 9.17) is 37.4 Å². The normalized spacial score (nSPS) is 16.5. The summed E-state index contributed by atoms with van der Waals surface area (Å²) in [7, 11) is 0. The van der Waals surface area contributed by atoms with Crippen molar-refractivity contribution in [2.45, 2.75) is 57.8 Å². The number of hydrogen-bond donors (Lipinski definition) is 2. The van der Waals surface area contributed by atoms with Gasteiger partial charge < -0.3 is 24.2 Å². The molecule has 3 aromatic rings. The molecule has 2 N–H and O–H groups in total. The number of ether oxygens (including phenoxy) is 4. The number of benzene rings is 2. The van der Waals surface area contributed by atoms with Crippen LogP contribution in [0.25, 0.3) is 0 Å². The summed E-state index contributed by atoms with van der Waals surface area (Å²) in [6.07, 6.45) is 5.07. The number of carbonyl (C=O) groups excluding carboxylic acids is 1. The van der Waals surface area contributed by atoms with Crippen molar-refractivity contribution in [1.82, 2.24) is 4.72 Å². The van der Waals surface area contributed by atoms with Crippen LogP contribution in [-0.4, -0.2) is 34.6 Å². The Morgan fingerprint density at radius 1 is 1.02 bits per heavy atom. The van der Waals surface area contributed by atoms with Gasteiger partial charge in [0, 0.05) is 23.6 Å². The largest absolute Gasteiger partial charge is 0.619 e. The zero-order chi connectivity index (χ0) is 33.0. The number of esters is 1. The van der Waals surface area contributed by atoms with E-state index in [-0.39, 0.29) is 33.5 Å². The Morgan fingerprint density at radius 2 is 1.65 bits per heavy atom. The predicted octanol–water partition coefficient (Wildman–Crippen LogP) is 6.73. The fraction of sp³-hybridized carbons (Fsp3) is 0.419. The summed E-state index contributed by atoms with van der Waals surface area (Å²) >= 11 is 10.4. The molecule has 248 valence electrons. The molecule has 46 heavy (non-hydrogen) atoms. The van der Waals surface area contributed by atoms with Crippen LogP contribution in [0.15, 0.2) is 48.8 Å². The number of aromatic nitrogens is 1. The van der Waals surface area contributed by atoms with Gasteiger partial charge in [0.05, 0.1) is 18.8 Å². The van der Waals surface area contributed by atoms with Crippen LogP contribution >= 0.6 is 23.2 Å². The van der Waals surface area contributed by atoms with E-state index >= 15 is 0 Å². The first-order valence-electron chi connectivity index (χ1n) is 14.6. The van der Waals surface area contributed by atoms with Crippen LogP contribution in [0.2, 0.25) is 10.0 Å². The number of halogens is 4. The Hall–Kier alpha value is -3.23. The number of nitrogens with zero attached hydrogens (tertiary/aromatic N) is 1. The van der Waals surface area contributed by atoms with Crippen LogP contribution in [-0.2, 0) is 22.4 Å². The SMILES string of the molecule is CC(NS(=O)O)c1ccc(C(=O)OC(Cc2c(Cl)c[n+]([O-])cc2Cl)c2ccc(OC(F)F)c(OCC3CC3)c2)cc1OCC1CC1. The molecule has 5 rings (SSSR count). The van der Waals surface area contributed by atoms with Crippen molar-refractivity contribution >= 4 is 40.4 Å². The lowest BCUT2D eigenvalue weighted by Crippen LogP contribution is -2.25. The Bertz CT molecular complexity index is 1570. The van der Waals surface area contributed by atoms with E-state index in [0.717, 1.165) is 38.1 Å². The summed E-state index contributed by atoms with van der Waals surface area (Å²) in [6.45, 7) is -0.673. The second kappa shape index (κ2) is 15.1. The Balaban J connectivity index is 1.47. The Morgan fingerprint density at radius 3 is 2.24 bits per heavy atom. The first-order chi connectivity index (χ1) is 22.0. The third-order valence-electron chi connectivity index (χ3n) is 7.59. The molecule has 2 saturated carbocycles. The highest BCUT2D eigenvalue weighted by Gasteiger charge is 2.28. The summed E-state index contributed by atoms with van der Waals surface area (Å²) in [5, 5.41) is 11.9. The highest BCUT2D eigenvalue weighted by atomic mass is 35.5. The average Bonchev–Trinajstić information content (AvgIpc) is 3.92. The van der Waals surface area contributed by atoms with Crippen LogP contribution in [0.3, 0.4) is 0 Å². The molecule has 2 fully saturated rings. The van der Waals surface area contributed by atoms with Crippen molar-refractivity contribution in [3.05, 3.63) is 86.3 Å². The topological polar surface area (TPSA) is 130 Å². The van der Waals surface area contributed by atoms with E-state index in [1.54, 1.807) is 13.0 Å². The summed E-state index contributed by atoms with van der Waals surface area (Å²) in [4.78, 5) is 13.7. The van der Waals surface area contributed by atoms with Crippen LogP contribution in [0.5, 0.6) is 17.2 Å². The maximum atomic E-state index is 13.7. The highest BCUT2D eigenvalue weighted by molar-refractivity contribution is 7.77. The van der Waals surface area contributed by atoms with Gasteiger partial charge in [-0.3, -0.25) is 4.55 Å². The molecule has 2 aliphatic carbocycles. The van der Waals surface area contributed by atoms with Gasteiger partial charge in [0.25, 0.3) is 0 Å². The number of hydrogen-bond acceptors (Lipinski definition) is 7. The standard InChI is InChI=1S/C31H32Cl2F2N2O8S/c1-17(36-46(40)41)22-8-6-21(11-28(22)42-15-18-2-3-18)30(38)44-27(12-23-24(32)13-37(39)14-25(23)33)20-7-9-26(45-31(34)35)29(10-20)43-16-19-4-5-19/h6-11,13-14,17-19,27,31,36H,2-5,12,15-16H2,1H3,(H,40,41). The molecule has 0 radical (unpaired) electrons. The van der Waals surface area contributed by atoms with Gasteiger partial charge in [-0.1, -0.05) is 35.3 Å². The maximum Gasteiger partial charge on any atom is 0.387 e. The van der Waals surface area contributed by atoms with Crippen molar-refractivity contribution in [2.24, 2.45) is 11.8 Å². The predicted molar refractivity (Wildman–Crippen MR) is 166 cm³/mol. The molecule has 10 nitrogen and oxygen atoms in total. The van der Waals surface area contributed by atoms with Crippen molar-refractivity contribution in [3.8, 4) is 17.2 Å². The molecule has 15 heteroatoms. The Labute approximate surface area is 276 Å². The van der Waals surface area contributed by atoms with Gasteiger partial charge in [0.15, 0.2) is 23.9 Å². The van der Waals surface area contributed by atoms with Gasteiger partial charge in [-0.15, -0.1) is 0 Å². The van der Waals surface area contributed by atoms with Crippen molar-refractivity contribution in [3.63, 3.8) is 0 Å². The number of pyridine rings is 1. The monoisotopic (exact) mass is 700 g/mol. The molecule has 1 aromatic heterocycles. The van der Waals surface area contributed by atoms with E-state index in [9.17, 15) is 27.5 Å². The average molecular weight is 702 g/mol. The van der Waals surface area contributed by atoms with E-state index in [2.05, 4.69) is 9.46 Å². The molecule has 2 aromatic carbocycles. The van der Waals surface area contributed by atoms with Gasteiger partial charge in [-0.05, 0) is 74.3 Å². The maximum absolute atomic E-state index is 13.7. The Kier molecular flexibility index (Phi) is 11.2. The van der Waals surface area contributed by atoms with Crippen LogP contribution in [0.4, 0.5) is 8.78 Å². The summed E-state index contributed by atoms with van der Waals surface area (Å²) in [5.74, 6) is 0.177. The molecule has 0 bridgehead atoms. The minimum atomic E-state index is -3.09. The smallest absolute Gasteiger partial charge is 0.387 e. The number of carbonyl (C=O) groups is 1. The first kappa shape index (κ1) is 34.1. The first-order valence-corrected chi connectivity index (χ1v) is 16.5. The van der Waals surface area contributed by atoms with Crippen molar-refractivity contribution < 1.29 is 46.0 Å². The van der Waals surface area contributed by atoms with Gasteiger partial charge in [-0.25, -0.2) is 13.7 Å². The van der Waals surface area contributed by atoms with Crippen molar-refractivity contribution in [1.29, 1.82) is 0 Å². The molecule has 0 aliphatic heterocycles. The third kappa shape index (κ3) is 9.41. The zero-order valence-electron chi connectivity index (χ0n) is 24.6. The second-order valence-electron chi connectivity index (χ2n) is 11.3. The fourth-order valence-electron chi connectivity index (χ4n) is 4.71. The van der Waals surface area contributed by atoms with E-state index in [0.29, 0.717) is 52.2 Å². The minimum Gasteiger partial charge on any atom is -0.619 e. The summed E-state index contributed by atoms with van der Waals surface area (Å²) < 4.78 is 72.5. The highest BCUT2D eigenvalue weighted by Crippen LogP contribution is 2.39. The lowest BCUT2D eigenvalue weighted by atomic mass is 10.0. The molecule has 2 aliphatic rings. The van der Waals surface area contributed by atoms with Crippen LogP contribution in [0, 0.1) is 17.0 Å². The quantitative estimate of drug-likeness (QED) is 0.0728. The zero-order valence-corrected chi connectivity index (χ0v) is 27.0. The molecule has 0 saturated heterocycles. The lowest BCUT2D eigenvalue weighted by Gasteiger charge is -2.22.